The van der Waals surface area contributed by atoms with Crippen LogP contribution in [0.1, 0.15) is 11.1 Å². The summed E-state index contributed by atoms with van der Waals surface area (Å²) in [4.78, 5) is 3.40. The van der Waals surface area contributed by atoms with Crippen LogP contribution >= 0.6 is 12.6 Å². The smallest absolute Gasteiger partial charge is 0.0411 e. The van der Waals surface area contributed by atoms with Crippen LogP contribution in [-0.2, 0) is 6.42 Å². The Labute approximate surface area is 109 Å². The second-order valence-corrected chi connectivity index (χ2v) is 4.88. The van der Waals surface area contributed by atoms with E-state index in [-0.39, 0.29) is 0 Å². The van der Waals surface area contributed by atoms with Gasteiger partial charge in [0.05, 0.1) is 0 Å². The Balaban J connectivity index is 2.35. The van der Waals surface area contributed by atoms with Gasteiger partial charge in [-0.3, -0.25) is 0 Å². The highest BCUT2D eigenvalue weighted by Crippen LogP contribution is 2.27. The number of hydrogen-bond donors (Lipinski definition) is 2. The van der Waals surface area contributed by atoms with Gasteiger partial charge in [0.25, 0.3) is 0 Å². The van der Waals surface area contributed by atoms with E-state index in [1.165, 1.54) is 16.8 Å². The van der Waals surface area contributed by atoms with E-state index in [0.29, 0.717) is 6.42 Å². The molecule has 0 radical (unpaired) electrons. The van der Waals surface area contributed by atoms with E-state index < -0.39 is 0 Å². The Morgan fingerprint density at radius 3 is 2.76 bits per heavy atom. The number of benzene rings is 1. The predicted molar refractivity (Wildman–Crippen MR) is 76.1 cm³/mol. The fourth-order valence-electron chi connectivity index (χ4n) is 2.27. The summed E-state index contributed by atoms with van der Waals surface area (Å²) in [6.45, 7) is 6.33. The number of thiol groups is 1. The predicted octanol–water partition coefficient (Wildman–Crippen LogP) is 1.87. The third kappa shape index (κ3) is 2.77. The lowest BCUT2D eigenvalue weighted by molar-refractivity contribution is 0.588. The highest BCUT2D eigenvalue weighted by Gasteiger charge is 2.14. The van der Waals surface area contributed by atoms with E-state index in [4.69, 9.17) is 6.42 Å². The average Bonchev–Trinajstić information content (AvgIpc) is 2.35. The van der Waals surface area contributed by atoms with Crippen LogP contribution in [0.4, 0.5) is 5.69 Å². The summed E-state index contributed by atoms with van der Waals surface area (Å²) >= 11 is 4.47. The van der Waals surface area contributed by atoms with E-state index in [9.17, 15) is 0 Å². The number of rotatable bonds is 2. The molecular formula is C14H18N2S. The van der Waals surface area contributed by atoms with Crippen molar-refractivity contribution in [3.63, 3.8) is 0 Å². The molecule has 1 saturated heterocycles. The van der Waals surface area contributed by atoms with Gasteiger partial charge in [-0.05, 0) is 30.2 Å². The van der Waals surface area contributed by atoms with Gasteiger partial charge in [0, 0.05) is 43.2 Å². The minimum absolute atomic E-state index is 0.680. The van der Waals surface area contributed by atoms with Crippen LogP contribution in [0.25, 0.3) is 0 Å². The lowest BCUT2D eigenvalue weighted by atomic mass is 10.0. The van der Waals surface area contributed by atoms with Crippen molar-refractivity contribution in [1.29, 1.82) is 0 Å². The third-order valence-corrected chi connectivity index (χ3v) is 3.48. The van der Waals surface area contributed by atoms with Gasteiger partial charge < -0.3 is 10.2 Å². The summed E-state index contributed by atoms with van der Waals surface area (Å²) in [5, 5.41) is 3.37. The minimum atomic E-state index is 0.680. The molecule has 2 nitrogen and oxygen atoms in total. The minimum Gasteiger partial charge on any atom is -0.369 e. The first-order chi connectivity index (χ1) is 8.22. The van der Waals surface area contributed by atoms with Crippen molar-refractivity contribution in [2.45, 2.75) is 18.2 Å². The van der Waals surface area contributed by atoms with Gasteiger partial charge in [0.2, 0.25) is 0 Å². The van der Waals surface area contributed by atoms with Crippen LogP contribution in [0.15, 0.2) is 17.0 Å². The highest BCUT2D eigenvalue weighted by atomic mass is 32.1. The quantitative estimate of drug-likeness (QED) is 0.612. The molecule has 1 heterocycles. The molecule has 1 N–H and O–H groups in total. The molecule has 3 heteroatoms. The van der Waals surface area contributed by atoms with Crippen molar-refractivity contribution < 1.29 is 0 Å². The number of nitrogens with one attached hydrogen (secondary N) is 1. The second-order valence-electron chi connectivity index (χ2n) is 4.37. The number of piperazine rings is 1. The maximum absolute atomic E-state index is 5.41. The van der Waals surface area contributed by atoms with Crippen LogP contribution in [0.5, 0.6) is 0 Å². The summed E-state index contributed by atoms with van der Waals surface area (Å²) in [5.74, 6) is 2.72. The Morgan fingerprint density at radius 2 is 2.12 bits per heavy atom. The molecule has 0 bridgehead atoms. The van der Waals surface area contributed by atoms with Gasteiger partial charge in [0.15, 0.2) is 0 Å². The van der Waals surface area contributed by atoms with Crippen molar-refractivity contribution in [1.82, 2.24) is 5.32 Å². The highest BCUT2D eigenvalue weighted by molar-refractivity contribution is 7.80. The molecule has 0 spiro atoms. The number of anilines is 1. The lowest BCUT2D eigenvalue weighted by Crippen LogP contribution is -2.43. The van der Waals surface area contributed by atoms with Gasteiger partial charge in [-0.15, -0.1) is 25.0 Å². The van der Waals surface area contributed by atoms with E-state index in [1.54, 1.807) is 0 Å². The maximum atomic E-state index is 5.41. The largest absolute Gasteiger partial charge is 0.369 e. The van der Waals surface area contributed by atoms with Gasteiger partial charge in [-0.25, -0.2) is 0 Å². The van der Waals surface area contributed by atoms with Crippen LogP contribution in [-0.4, -0.2) is 26.2 Å². The van der Waals surface area contributed by atoms with Crippen LogP contribution in [0, 0.1) is 19.3 Å². The standard InChI is InChI=1S/C14H18N2S/c1-3-4-12-9-13(17)10-14(11(12)2)16-7-5-15-6-8-16/h1,9-10,15,17H,4-8H2,2H3. The summed E-state index contributed by atoms with van der Waals surface area (Å²) in [6, 6.07) is 4.22. The molecule has 0 aromatic heterocycles. The fourth-order valence-corrected chi connectivity index (χ4v) is 2.55. The zero-order valence-electron chi connectivity index (χ0n) is 10.2. The molecule has 0 unspecified atom stereocenters. The first-order valence-electron chi connectivity index (χ1n) is 5.94. The normalized spacial score (nSPS) is 15.7. The second kappa shape index (κ2) is 5.48. The Bertz CT molecular complexity index is 442. The molecule has 1 fully saturated rings. The molecule has 0 amide bonds. The Morgan fingerprint density at radius 1 is 1.41 bits per heavy atom. The van der Waals surface area contributed by atoms with Gasteiger partial charge in [0.1, 0.15) is 0 Å². The van der Waals surface area contributed by atoms with Crippen LogP contribution < -0.4 is 10.2 Å². The fraction of sp³-hybridized carbons (Fsp3) is 0.429. The summed E-state index contributed by atoms with van der Waals surface area (Å²) in [5.41, 5.74) is 3.79. The first-order valence-corrected chi connectivity index (χ1v) is 6.38. The van der Waals surface area contributed by atoms with Crippen molar-refractivity contribution in [3.05, 3.63) is 23.3 Å². The Hall–Kier alpha value is -1.11. The molecule has 0 aliphatic carbocycles. The molecule has 1 aromatic rings. The molecule has 2 rings (SSSR count). The van der Waals surface area contributed by atoms with E-state index >= 15 is 0 Å². The van der Waals surface area contributed by atoms with E-state index in [0.717, 1.165) is 31.1 Å². The molecule has 1 aromatic carbocycles. The molecule has 0 atom stereocenters. The van der Waals surface area contributed by atoms with Gasteiger partial charge in [-0.1, -0.05) is 0 Å². The van der Waals surface area contributed by atoms with Crippen molar-refractivity contribution >= 4 is 18.3 Å². The number of nitrogens with zero attached hydrogens (tertiary/aromatic N) is 1. The van der Waals surface area contributed by atoms with Crippen molar-refractivity contribution in [3.8, 4) is 12.3 Å². The molecule has 0 saturated carbocycles. The summed E-state index contributed by atoms with van der Waals surface area (Å²) < 4.78 is 0. The molecule has 17 heavy (non-hydrogen) atoms. The topological polar surface area (TPSA) is 15.3 Å². The molecule has 1 aliphatic heterocycles. The molecular weight excluding hydrogens is 228 g/mol. The summed E-state index contributed by atoms with van der Waals surface area (Å²) in [7, 11) is 0. The zero-order valence-corrected chi connectivity index (χ0v) is 11.1. The molecule has 1 aliphatic rings. The van der Waals surface area contributed by atoms with Crippen LogP contribution in [0.3, 0.4) is 0 Å². The van der Waals surface area contributed by atoms with Crippen molar-refractivity contribution in [2.75, 3.05) is 31.1 Å². The third-order valence-electron chi connectivity index (χ3n) is 3.22. The SMILES string of the molecule is C#CCc1cc(S)cc(N2CCNCC2)c1C. The zero-order chi connectivity index (χ0) is 12.3. The van der Waals surface area contributed by atoms with Gasteiger partial charge in [-0.2, -0.15) is 0 Å². The lowest BCUT2D eigenvalue weighted by Gasteiger charge is -2.31. The summed E-state index contributed by atoms with van der Waals surface area (Å²) in [6.07, 6.45) is 6.09. The van der Waals surface area contributed by atoms with E-state index in [2.05, 4.69) is 47.8 Å². The Kier molecular flexibility index (Phi) is 3.98. The monoisotopic (exact) mass is 246 g/mol. The number of hydrogen-bond acceptors (Lipinski definition) is 3. The molecule has 90 valence electrons. The van der Waals surface area contributed by atoms with Crippen molar-refractivity contribution in [2.24, 2.45) is 0 Å². The van der Waals surface area contributed by atoms with E-state index in [1.807, 2.05) is 0 Å². The maximum Gasteiger partial charge on any atom is 0.0411 e. The average molecular weight is 246 g/mol. The number of terminal acetylenes is 1. The first kappa shape index (κ1) is 12.3. The van der Waals surface area contributed by atoms with Gasteiger partial charge >= 0.3 is 0 Å². The van der Waals surface area contributed by atoms with Crippen LogP contribution in [0.2, 0.25) is 0 Å².